The molecule has 1 heterocycles. The van der Waals surface area contributed by atoms with Crippen LogP contribution in [0.3, 0.4) is 0 Å². The molecule has 0 radical (unpaired) electrons. The van der Waals surface area contributed by atoms with Crippen molar-refractivity contribution in [1.29, 1.82) is 0 Å². The van der Waals surface area contributed by atoms with E-state index in [1.807, 2.05) is 24.3 Å². The molecule has 0 saturated heterocycles. The van der Waals surface area contributed by atoms with Gasteiger partial charge in [-0.1, -0.05) is 23.8 Å². The minimum atomic E-state index is -0.387. The van der Waals surface area contributed by atoms with Crippen LogP contribution >= 0.6 is 0 Å². The van der Waals surface area contributed by atoms with Gasteiger partial charge >= 0.3 is 5.97 Å². The van der Waals surface area contributed by atoms with Gasteiger partial charge in [-0.15, -0.1) is 0 Å². The Hall–Kier alpha value is -1.88. The Morgan fingerprint density at radius 3 is 3.13 bits per heavy atom. The van der Waals surface area contributed by atoms with E-state index >= 15 is 0 Å². The highest BCUT2D eigenvalue weighted by molar-refractivity contribution is 5.67. The van der Waals surface area contributed by atoms with Gasteiger partial charge in [0, 0.05) is 6.92 Å². The van der Waals surface area contributed by atoms with Crippen molar-refractivity contribution in [3.05, 3.63) is 29.8 Å². The van der Waals surface area contributed by atoms with Crippen LogP contribution in [0.1, 0.15) is 12.5 Å². The number of fused-ring (bicyclic) bond motifs is 1. The molecule has 5 heteroatoms. The average Bonchev–Trinajstić information content (AvgIpc) is 2.26. The fraction of sp³-hybridized carbons (Fsp3) is 0.200. The highest BCUT2D eigenvalue weighted by atomic mass is 16.7. The predicted molar refractivity (Wildman–Crippen MR) is 55.0 cm³/mol. The Labute approximate surface area is 87.3 Å². The molecule has 0 spiro atoms. The first-order valence-electron chi connectivity index (χ1n) is 4.57. The molecule has 0 fully saturated rings. The molecule has 1 aliphatic rings. The van der Waals surface area contributed by atoms with E-state index in [0.29, 0.717) is 6.54 Å². The number of hydrogen-bond acceptors (Lipinski definition) is 5. The zero-order chi connectivity index (χ0) is 10.7. The van der Waals surface area contributed by atoms with E-state index in [1.165, 1.54) is 6.92 Å². The first kappa shape index (κ1) is 9.67. The summed E-state index contributed by atoms with van der Waals surface area (Å²) in [4.78, 5) is 19.4. The number of hydrogen-bond donors (Lipinski definition) is 1. The molecule has 5 nitrogen and oxygen atoms in total. The molecule has 0 saturated carbocycles. The molecule has 1 N–H and O–H groups in total. The smallest absolute Gasteiger partial charge is 0.324 e. The number of carbonyl (C=O) groups is 1. The molecule has 0 aliphatic carbocycles. The number of benzene rings is 1. The lowest BCUT2D eigenvalue weighted by atomic mass is 10.1. The number of nitrogens with zero attached hydrogens (tertiary/aromatic N) is 2. The van der Waals surface area contributed by atoms with Gasteiger partial charge in [0.1, 0.15) is 6.34 Å². The summed E-state index contributed by atoms with van der Waals surface area (Å²) in [5.41, 5.74) is 4.52. The maximum Gasteiger partial charge on any atom is 0.324 e. The van der Waals surface area contributed by atoms with E-state index in [0.717, 1.165) is 11.3 Å². The average molecular weight is 205 g/mol. The van der Waals surface area contributed by atoms with Gasteiger partial charge in [0.15, 0.2) is 0 Å². The number of carbonyl (C=O) groups excluding carboxylic acids is 1. The van der Waals surface area contributed by atoms with Gasteiger partial charge in [-0.3, -0.25) is 9.80 Å². The molecule has 15 heavy (non-hydrogen) atoms. The standard InChI is InChI=1S/C10H11N3O2/c1-8(14)15-12-13-6-9-4-2-3-5-10(9)11-7-13/h2-5,7,12H,6H2,1H3. The third-order valence-electron chi connectivity index (χ3n) is 1.98. The van der Waals surface area contributed by atoms with Crippen molar-refractivity contribution >= 4 is 18.0 Å². The number of hydrazine groups is 1. The second kappa shape index (κ2) is 4.10. The molecule has 0 aromatic heterocycles. The molecule has 1 aliphatic heterocycles. The number of aliphatic imine (C=N–C) groups is 1. The van der Waals surface area contributed by atoms with Crippen LogP contribution in [-0.4, -0.2) is 17.3 Å². The normalized spacial score (nSPS) is 13.5. The Morgan fingerprint density at radius 2 is 2.33 bits per heavy atom. The first-order chi connectivity index (χ1) is 7.25. The second-order valence-electron chi connectivity index (χ2n) is 3.19. The summed E-state index contributed by atoms with van der Waals surface area (Å²) in [7, 11) is 0. The van der Waals surface area contributed by atoms with Crippen LogP contribution in [0.2, 0.25) is 0 Å². The van der Waals surface area contributed by atoms with Crippen molar-refractivity contribution < 1.29 is 9.63 Å². The summed E-state index contributed by atoms with van der Waals surface area (Å²) in [6.07, 6.45) is 1.59. The quantitative estimate of drug-likeness (QED) is 0.736. The van der Waals surface area contributed by atoms with Crippen molar-refractivity contribution in [2.45, 2.75) is 13.5 Å². The summed E-state index contributed by atoms with van der Waals surface area (Å²) in [5, 5.41) is 1.60. The highest BCUT2D eigenvalue weighted by Crippen LogP contribution is 2.22. The van der Waals surface area contributed by atoms with Gasteiger partial charge in [-0.05, 0) is 11.6 Å². The van der Waals surface area contributed by atoms with Crippen molar-refractivity contribution in [3.8, 4) is 0 Å². The lowest BCUT2D eigenvalue weighted by Crippen LogP contribution is -2.38. The second-order valence-corrected chi connectivity index (χ2v) is 3.19. The van der Waals surface area contributed by atoms with Crippen molar-refractivity contribution in [2.75, 3.05) is 0 Å². The third-order valence-corrected chi connectivity index (χ3v) is 1.98. The highest BCUT2D eigenvalue weighted by Gasteiger charge is 2.11. The summed E-state index contributed by atoms with van der Waals surface area (Å²) in [5.74, 6) is -0.387. The molecule has 0 atom stereocenters. The number of nitrogens with one attached hydrogen (secondary N) is 1. The molecular formula is C10H11N3O2. The van der Waals surface area contributed by atoms with Crippen LogP contribution in [0.15, 0.2) is 29.3 Å². The zero-order valence-corrected chi connectivity index (χ0v) is 8.30. The molecule has 0 unspecified atom stereocenters. The molecule has 0 bridgehead atoms. The molecule has 1 aromatic rings. The minimum Gasteiger partial charge on any atom is -0.351 e. The van der Waals surface area contributed by atoms with E-state index in [9.17, 15) is 4.79 Å². The van der Waals surface area contributed by atoms with Gasteiger partial charge in [-0.2, -0.15) is 0 Å². The summed E-state index contributed by atoms with van der Waals surface area (Å²) in [6.45, 7) is 1.95. The summed E-state index contributed by atoms with van der Waals surface area (Å²) < 4.78 is 0. The Kier molecular flexibility index (Phi) is 2.64. The van der Waals surface area contributed by atoms with Crippen molar-refractivity contribution in [1.82, 2.24) is 10.6 Å². The number of para-hydroxylation sites is 1. The third kappa shape index (κ3) is 2.32. The maximum absolute atomic E-state index is 10.6. The molecular weight excluding hydrogens is 194 g/mol. The van der Waals surface area contributed by atoms with E-state index < -0.39 is 0 Å². The fourth-order valence-electron chi connectivity index (χ4n) is 1.31. The fourth-order valence-corrected chi connectivity index (χ4v) is 1.31. The van der Waals surface area contributed by atoms with Crippen LogP contribution in [0, 0.1) is 0 Å². The molecule has 1 aromatic carbocycles. The van der Waals surface area contributed by atoms with Gasteiger partial charge in [0.25, 0.3) is 0 Å². The van der Waals surface area contributed by atoms with E-state index in [-0.39, 0.29) is 5.97 Å². The monoisotopic (exact) mass is 205 g/mol. The molecule has 78 valence electrons. The van der Waals surface area contributed by atoms with Crippen LogP contribution < -0.4 is 5.59 Å². The molecule has 2 rings (SSSR count). The zero-order valence-electron chi connectivity index (χ0n) is 8.30. The van der Waals surface area contributed by atoms with Crippen molar-refractivity contribution in [2.24, 2.45) is 4.99 Å². The van der Waals surface area contributed by atoms with Gasteiger partial charge in [0.05, 0.1) is 12.2 Å². The van der Waals surface area contributed by atoms with E-state index in [2.05, 4.69) is 15.4 Å². The summed E-state index contributed by atoms with van der Waals surface area (Å²) in [6, 6.07) is 7.80. The summed E-state index contributed by atoms with van der Waals surface area (Å²) >= 11 is 0. The lowest BCUT2D eigenvalue weighted by Gasteiger charge is -2.23. The Balaban J connectivity index is 2.03. The topological polar surface area (TPSA) is 53.9 Å². The SMILES string of the molecule is CC(=O)ONN1C=Nc2ccccc2C1. The largest absolute Gasteiger partial charge is 0.351 e. The van der Waals surface area contributed by atoms with Gasteiger partial charge in [-0.25, -0.2) is 4.99 Å². The Morgan fingerprint density at radius 1 is 1.53 bits per heavy atom. The van der Waals surface area contributed by atoms with Gasteiger partial charge < -0.3 is 4.84 Å². The Bertz CT molecular complexity index is 403. The van der Waals surface area contributed by atoms with Crippen molar-refractivity contribution in [3.63, 3.8) is 0 Å². The maximum atomic E-state index is 10.6. The lowest BCUT2D eigenvalue weighted by molar-refractivity contribution is -0.157. The molecule has 0 amide bonds. The van der Waals surface area contributed by atoms with Crippen LogP contribution in [-0.2, 0) is 16.2 Å². The number of rotatable bonds is 2. The first-order valence-corrected chi connectivity index (χ1v) is 4.57. The minimum absolute atomic E-state index is 0.387. The van der Waals surface area contributed by atoms with Crippen LogP contribution in [0.5, 0.6) is 0 Å². The van der Waals surface area contributed by atoms with E-state index in [4.69, 9.17) is 0 Å². The van der Waals surface area contributed by atoms with E-state index in [1.54, 1.807) is 11.3 Å². The van der Waals surface area contributed by atoms with Gasteiger partial charge in [0.2, 0.25) is 0 Å². The van der Waals surface area contributed by atoms with Crippen LogP contribution in [0.25, 0.3) is 0 Å². The van der Waals surface area contributed by atoms with Crippen LogP contribution in [0.4, 0.5) is 5.69 Å². The predicted octanol–water partition coefficient (Wildman–Crippen LogP) is 1.14.